The SMILES string of the molecule is [2H]C([2H])([2H])Oc1nccc(OC2CC2)c1I. The van der Waals surface area contributed by atoms with Gasteiger partial charge in [0.1, 0.15) is 9.32 Å². The normalized spacial score (nSPS) is 19.9. The number of nitrogens with zero attached hydrogens (tertiary/aromatic N) is 1. The summed E-state index contributed by atoms with van der Waals surface area (Å²) in [4.78, 5) is 3.88. The zero-order chi connectivity index (χ0) is 11.8. The zero-order valence-corrected chi connectivity index (χ0v) is 8.95. The summed E-state index contributed by atoms with van der Waals surface area (Å²) >= 11 is 1.98. The molecule has 0 N–H and O–H groups in total. The molecule has 0 aromatic carbocycles. The van der Waals surface area contributed by atoms with E-state index in [9.17, 15) is 0 Å². The van der Waals surface area contributed by atoms with Gasteiger partial charge in [-0.15, -0.1) is 0 Å². The second-order valence-electron chi connectivity index (χ2n) is 2.85. The fourth-order valence-electron chi connectivity index (χ4n) is 0.936. The van der Waals surface area contributed by atoms with Gasteiger partial charge in [-0.2, -0.15) is 0 Å². The maximum Gasteiger partial charge on any atom is 0.230 e. The van der Waals surface area contributed by atoms with Crippen molar-refractivity contribution in [2.24, 2.45) is 0 Å². The summed E-state index contributed by atoms with van der Waals surface area (Å²) in [6.45, 7) is 0. The number of ether oxygens (including phenoxy) is 2. The molecule has 1 aliphatic rings. The van der Waals surface area contributed by atoms with Gasteiger partial charge in [0, 0.05) is 6.20 Å². The number of rotatable bonds is 3. The molecule has 0 radical (unpaired) electrons. The number of hydrogen-bond acceptors (Lipinski definition) is 3. The summed E-state index contributed by atoms with van der Waals surface area (Å²) < 4.78 is 32.0. The first-order chi connectivity index (χ1) is 7.46. The number of aromatic nitrogens is 1. The molecule has 0 saturated heterocycles. The Labute approximate surface area is 94.8 Å². The highest BCUT2D eigenvalue weighted by atomic mass is 127. The fraction of sp³-hybridized carbons (Fsp3) is 0.444. The zero-order valence-electron chi connectivity index (χ0n) is 9.79. The molecule has 1 saturated carbocycles. The minimum Gasteiger partial charge on any atom is -0.489 e. The summed E-state index contributed by atoms with van der Waals surface area (Å²) in [5, 5.41) is 0. The van der Waals surface area contributed by atoms with E-state index >= 15 is 0 Å². The third-order valence-corrected chi connectivity index (χ3v) is 2.73. The highest BCUT2D eigenvalue weighted by Gasteiger charge is 2.25. The van der Waals surface area contributed by atoms with Crippen LogP contribution in [-0.2, 0) is 0 Å². The van der Waals surface area contributed by atoms with Crippen molar-refractivity contribution in [3.63, 3.8) is 0 Å². The topological polar surface area (TPSA) is 31.4 Å². The molecule has 70 valence electrons. The van der Waals surface area contributed by atoms with E-state index in [4.69, 9.17) is 13.6 Å². The van der Waals surface area contributed by atoms with E-state index in [2.05, 4.69) is 4.98 Å². The molecule has 3 nitrogen and oxygen atoms in total. The summed E-state index contributed by atoms with van der Waals surface area (Å²) in [7, 11) is -2.48. The molecule has 13 heavy (non-hydrogen) atoms. The van der Waals surface area contributed by atoms with Crippen molar-refractivity contribution in [1.29, 1.82) is 0 Å². The standard InChI is InChI=1S/C9H10INO2/c1-12-9-8(10)7(4-5-11-9)13-6-2-3-6/h4-6H,2-3H2,1H3/i1D3. The van der Waals surface area contributed by atoms with Gasteiger partial charge in [0.15, 0.2) is 0 Å². The maximum absolute atomic E-state index is 7.02. The van der Waals surface area contributed by atoms with Gasteiger partial charge in [-0.25, -0.2) is 4.98 Å². The van der Waals surface area contributed by atoms with Crippen molar-refractivity contribution >= 4 is 22.6 Å². The summed E-state index contributed by atoms with van der Waals surface area (Å²) in [6.07, 6.45) is 3.85. The maximum atomic E-state index is 7.02. The first kappa shape index (κ1) is 6.06. The monoisotopic (exact) mass is 294 g/mol. The van der Waals surface area contributed by atoms with E-state index in [1.807, 2.05) is 22.6 Å². The van der Waals surface area contributed by atoms with Crippen LogP contribution in [0.4, 0.5) is 0 Å². The molecular weight excluding hydrogens is 281 g/mol. The molecule has 1 fully saturated rings. The predicted molar refractivity (Wildman–Crippen MR) is 57.2 cm³/mol. The lowest BCUT2D eigenvalue weighted by atomic mass is 10.4. The average molecular weight is 294 g/mol. The van der Waals surface area contributed by atoms with Gasteiger partial charge in [0.05, 0.1) is 17.3 Å². The molecule has 1 heterocycles. The van der Waals surface area contributed by atoms with Crippen molar-refractivity contribution < 1.29 is 13.6 Å². The summed E-state index contributed by atoms with van der Waals surface area (Å²) in [5.41, 5.74) is 0. The Morgan fingerprint density at radius 2 is 2.54 bits per heavy atom. The lowest BCUT2D eigenvalue weighted by molar-refractivity contribution is 0.296. The Balaban J connectivity index is 2.18. The summed E-state index contributed by atoms with van der Waals surface area (Å²) in [5.74, 6) is 0.733. The predicted octanol–water partition coefficient (Wildman–Crippen LogP) is 2.24. The molecule has 0 spiro atoms. The van der Waals surface area contributed by atoms with E-state index in [0.717, 1.165) is 12.8 Å². The molecule has 0 amide bonds. The molecule has 0 bridgehead atoms. The number of pyridine rings is 1. The number of methoxy groups -OCH3 is 1. The van der Waals surface area contributed by atoms with Crippen LogP contribution in [0.1, 0.15) is 17.0 Å². The van der Waals surface area contributed by atoms with Crippen LogP contribution in [0.5, 0.6) is 11.6 Å². The second kappa shape index (κ2) is 3.69. The first-order valence-corrected chi connectivity index (χ1v) is 5.04. The Morgan fingerprint density at radius 1 is 1.69 bits per heavy atom. The lowest BCUT2D eigenvalue weighted by Crippen LogP contribution is -2.00. The third-order valence-electron chi connectivity index (χ3n) is 1.74. The molecule has 0 aliphatic heterocycles. The summed E-state index contributed by atoms with van der Waals surface area (Å²) in [6, 6.07) is 1.71. The molecule has 4 heteroatoms. The molecule has 0 unspecified atom stereocenters. The molecule has 1 aromatic rings. The van der Waals surface area contributed by atoms with Gasteiger partial charge in [-0.3, -0.25) is 0 Å². The van der Waals surface area contributed by atoms with E-state index in [1.165, 1.54) is 6.20 Å². The molecule has 2 rings (SSSR count). The van der Waals surface area contributed by atoms with E-state index in [0.29, 0.717) is 9.32 Å². The molecule has 1 aliphatic carbocycles. The van der Waals surface area contributed by atoms with E-state index in [-0.39, 0.29) is 12.0 Å². The van der Waals surface area contributed by atoms with Crippen molar-refractivity contribution in [3.8, 4) is 11.6 Å². The van der Waals surface area contributed by atoms with Crippen molar-refractivity contribution in [2.75, 3.05) is 7.04 Å². The van der Waals surface area contributed by atoms with Gasteiger partial charge < -0.3 is 9.47 Å². The van der Waals surface area contributed by atoms with Gasteiger partial charge in [-0.05, 0) is 41.5 Å². The van der Waals surface area contributed by atoms with Crippen LogP contribution >= 0.6 is 22.6 Å². The van der Waals surface area contributed by atoms with Crippen molar-refractivity contribution in [2.45, 2.75) is 18.9 Å². The smallest absolute Gasteiger partial charge is 0.230 e. The van der Waals surface area contributed by atoms with Crippen LogP contribution in [-0.4, -0.2) is 18.1 Å². The molecule has 1 aromatic heterocycles. The van der Waals surface area contributed by atoms with Gasteiger partial charge >= 0.3 is 0 Å². The Hall–Kier alpha value is -0.520. The van der Waals surface area contributed by atoms with Crippen LogP contribution < -0.4 is 9.47 Å². The number of halogens is 1. The van der Waals surface area contributed by atoms with Crippen LogP contribution in [0.3, 0.4) is 0 Å². The number of hydrogen-bond donors (Lipinski definition) is 0. The molecular formula is C9H10INO2. The highest BCUT2D eigenvalue weighted by Crippen LogP contribution is 2.32. The van der Waals surface area contributed by atoms with Crippen molar-refractivity contribution in [1.82, 2.24) is 4.98 Å². The quantitative estimate of drug-likeness (QED) is 0.801. The van der Waals surface area contributed by atoms with Crippen LogP contribution in [0.15, 0.2) is 12.3 Å². The first-order valence-electron chi connectivity index (χ1n) is 5.46. The lowest BCUT2D eigenvalue weighted by Gasteiger charge is -2.08. The Morgan fingerprint density at radius 3 is 3.23 bits per heavy atom. The highest BCUT2D eigenvalue weighted by molar-refractivity contribution is 14.1. The van der Waals surface area contributed by atoms with Crippen LogP contribution in [0, 0.1) is 3.57 Å². The minimum atomic E-state index is -2.48. The fourth-order valence-corrected chi connectivity index (χ4v) is 1.49. The van der Waals surface area contributed by atoms with E-state index < -0.39 is 7.04 Å². The third kappa shape index (κ3) is 2.04. The second-order valence-corrected chi connectivity index (χ2v) is 3.93. The van der Waals surface area contributed by atoms with E-state index in [1.54, 1.807) is 6.07 Å². The van der Waals surface area contributed by atoms with Crippen LogP contribution in [0.25, 0.3) is 0 Å². The van der Waals surface area contributed by atoms with Gasteiger partial charge in [-0.1, -0.05) is 0 Å². The average Bonchev–Trinajstić information content (AvgIpc) is 2.93. The molecule has 0 atom stereocenters. The minimum absolute atomic E-state index is 0.0961. The Bertz CT molecular complexity index is 393. The van der Waals surface area contributed by atoms with Gasteiger partial charge in [0.25, 0.3) is 0 Å². The Kier molecular flexibility index (Phi) is 1.72. The van der Waals surface area contributed by atoms with Gasteiger partial charge in [0.2, 0.25) is 5.88 Å². The van der Waals surface area contributed by atoms with Crippen LogP contribution in [0.2, 0.25) is 0 Å². The van der Waals surface area contributed by atoms with Crippen molar-refractivity contribution in [3.05, 3.63) is 15.8 Å². The largest absolute Gasteiger partial charge is 0.489 e.